The van der Waals surface area contributed by atoms with Crippen molar-refractivity contribution in [2.24, 2.45) is 5.73 Å². The Morgan fingerprint density at radius 2 is 1.83 bits per heavy atom. The summed E-state index contributed by atoms with van der Waals surface area (Å²) in [6.07, 6.45) is 4.20. The Morgan fingerprint density at radius 1 is 1.07 bits per heavy atom. The summed E-state index contributed by atoms with van der Waals surface area (Å²) in [5.41, 5.74) is 10.8. The van der Waals surface area contributed by atoms with E-state index in [1.54, 1.807) is 6.07 Å². The van der Waals surface area contributed by atoms with Crippen molar-refractivity contribution in [1.82, 2.24) is 4.57 Å². The maximum Gasteiger partial charge on any atom is 0.250 e. The number of aliphatic hydroxyl groups is 1. The van der Waals surface area contributed by atoms with Crippen LogP contribution in [-0.4, -0.2) is 33.6 Å². The molecule has 3 aromatic rings. The third kappa shape index (κ3) is 3.08. The number of hydrogen-bond acceptors (Lipinski definition) is 4. The van der Waals surface area contributed by atoms with Crippen LogP contribution in [0, 0.1) is 0 Å². The van der Waals surface area contributed by atoms with Crippen molar-refractivity contribution >= 4 is 28.4 Å². The highest BCUT2D eigenvalue weighted by Gasteiger charge is 2.28. The van der Waals surface area contributed by atoms with Gasteiger partial charge in [-0.3, -0.25) is 14.2 Å². The van der Waals surface area contributed by atoms with Gasteiger partial charge in [-0.05, 0) is 55.9 Å². The lowest BCUT2D eigenvalue weighted by Crippen LogP contribution is -2.29. The van der Waals surface area contributed by atoms with Gasteiger partial charge >= 0.3 is 0 Å². The van der Waals surface area contributed by atoms with Crippen LogP contribution in [-0.2, 0) is 6.42 Å². The zero-order valence-electron chi connectivity index (χ0n) is 16.7. The number of fused-ring (bicyclic) bond motifs is 3. The zero-order valence-corrected chi connectivity index (χ0v) is 16.7. The van der Waals surface area contributed by atoms with Crippen LogP contribution >= 0.6 is 0 Å². The first-order valence-corrected chi connectivity index (χ1v) is 10.6. The second-order valence-electron chi connectivity index (χ2n) is 8.34. The number of aromatic nitrogens is 1. The molecular formula is C24H25N3O3. The first-order valence-electron chi connectivity index (χ1n) is 10.6. The van der Waals surface area contributed by atoms with E-state index in [1.165, 1.54) is 0 Å². The summed E-state index contributed by atoms with van der Waals surface area (Å²) in [6.45, 7) is 0. The van der Waals surface area contributed by atoms with E-state index < -0.39 is 5.91 Å². The molecule has 1 aromatic heterocycles. The van der Waals surface area contributed by atoms with Crippen molar-refractivity contribution in [3.05, 3.63) is 53.7 Å². The molecule has 4 N–H and O–H groups in total. The zero-order chi connectivity index (χ0) is 20.8. The molecule has 2 aromatic carbocycles. The average molecular weight is 403 g/mol. The molecule has 6 heteroatoms. The van der Waals surface area contributed by atoms with Gasteiger partial charge in [0, 0.05) is 34.8 Å². The van der Waals surface area contributed by atoms with Crippen LogP contribution in [0.4, 0.5) is 5.69 Å². The lowest BCUT2D eigenvalue weighted by atomic mass is 9.92. The monoisotopic (exact) mass is 403 g/mol. The smallest absolute Gasteiger partial charge is 0.250 e. The number of nitrogens with one attached hydrogen (secondary N) is 1. The van der Waals surface area contributed by atoms with Gasteiger partial charge in [-0.2, -0.15) is 0 Å². The van der Waals surface area contributed by atoms with Crippen molar-refractivity contribution in [3.8, 4) is 11.1 Å². The Morgan fingerprint density at radius 3 is 2.60 bits per heavy atom. The fraction of sp³-hybridized carbons (Fsp3) is 0.333. The van der Waals surface area contributed by atoms with Gasteiger partial charge in [0.15, 0.2) is 0 Å². The Labute approximate surface area is 174 Å². The van der Waals surface area contributed by atoms with Crippen LogP contribution in [0.5, 0.6) is 0 Å². The van der Waals surface area contributed by atoms with Crippen molar-refractivity contribution in [2.75, 3.05) is 5.32 Å². The topological polar surface area (TPSA) is 97.4 Å². The molecule has 2 heterocycles. The number of amides is 1. The van der Waals surface area contributed by atoms with Crippen molar-refractivity contribution in [2.45, 2.75) is 50.7 Å². The molecule has 0 saturated heterocycles. The van der Waals surface area contributed by atoms with Gasteiger partial charge in [0.1, 0.15) is 0 Å². The molecular weight excluding hydrogens is 378 g/mol. The number of primary amides is 1. The van der Waals surface area contributed by atoms with Crippen LogP contribution in [0.1, 0.15) is 53.0 Å². The number of para-hydroxylation sites is 1. The number of benzene rings is 2. The van der Waals surface area contributed by atoms with E-state index in [0.29, 0.717) is 18.4 Å². The van der Waals surface area contributed by atoms with E-state index in [1.807, 2.05) is 41.0 Å². The van der Waals surface area contributed by atoms with Gasteiger partial charge in [-0.15, -0.1) is 0 Å². The number of rotatable bonds is 4. The van der Waals surface area contributed by atoms with E-state index >= 15 is 0 Å². The lowest BCUT2D eigenvalue weighted by Gasteiger charge is -2.28. The van der Waals surface area contributed by atoms with E-state index in [0.717, 1.165) is 59.1 Å². The lowest BCUT2D eigenvalue weighted by molar-refractivity contribution is 0.0927. The Hall–Kier alpha value is -3.12. The predicted octanol–water partition coefficient (Wildman–Crippen LogP) is 3.71. The van der Waals surface area contributed by atoms with Gasteiger partial charge in [0.25, 0.3) is 5.91 Å². The first kappa shape index (κ1) is 18.9. The van der Waals surface area contributed by atoms with Gasteiger partial charge < -0.3 is 16.2 Å². The number of anilines is 1. The molecule has 6 nitrogen and oxygen atoms in total. The molecule has 30 heavy (non-hydrogen) atoms. The molecule has 0 radical (unpaired) electrons. The minimum absolute atomic E-state index is 0.125. The summed E-state index contributed by atoms with van der Waals surface area (Å²) in [7, 11) is 0. The second-order valence-corrected chi connectivity index (χ2v) is 8.34. The van der Waals surface area contributed by atoms with Crippen LogP contribution < -0.4 is 11.1 Å². The molecule has 1 aliphatic heterocycles. The summed E-state index contributed by atoms with van der Waals surface area (Å²) in [5.74, 6) is -0.345. The molecule has 1 amide bonds. The molecule has 2 aliphatic rings. The van der Waals surface area contributed by atoms with Gasteiger partial charge in [0.2, 0.25) is 5.91 Å². The van der Waals surface area contributed by atoms with Crippen LogP contribution in [0.25, 0.3) is 22.0 Å². The largest absolute Gasteiger partial charge is 0.393 e. The minimum atomic E-state index is -0.470. The number of nitrogens with zero attached hydrogens (tertiary/aromatic N) is 1. The number of carbonyl (C=O) groups excluding carboxylic acids is 2. The fourth-order valence-corrected chi connectivity index (χ4v) is 4.95. The fourth-order valence-electron chi connectivity index (χ4n) is 4.95. The summed E-state index contributed by atoms with van der Waals surface area (Å²) < 4.78 is 1.84. The molecule has 154 valence electrons. The van der Waals surface area contributed by atoms with Crippen LogP contribution in [0.15, 0.2) is 42.5 Å². The van der Waals surface area contributed by atoms with E-state index in [9.17, 15) is 14.7 Å². The quantitative estimate of drug-likeness (QED) is 0.619. The van der Waals surface area contributed by atoms with Gasteiger partial charge in [0.05, 0.1) is 17.2 Å². The standard InChI is InChI=1S/C24H25N3O3/c25-24(30)17-10-5-14(13-19(17)26-15-6-8-16(28)9-7-15)23-18-3-1-2-4-20(18)27-21(23)11-12-22(27)29/h1-5,10,13,15-16,26,28H,6-9,11-12H2,(H2,25,30). The van der Waals surface area contributed by atoms with E-state index in [4.69, 9.17) is 5.73 Å². The number of aliphatic hydroxyl groups excluding tert-OH is 1. The third-order valence-electron chi connectivity index (χ3n) is 6.43. The number of hydrogen-bond donors (Lipinski definition) is 3. The summed E-state index contributed by atoms with van der Waals surface area (Å²) >= 11 is 0. The Bertz CT molecular complexity index is 1160. The molecule has 1 fully saturated rings. The maximum atomic E-state index is 12.5. The van der Waals surface area contributed by atoms with E-state index in [2.05, 4.69) is 5.32 Å². The molecule has 5 rings (SSSR count). The third-order valence-corrected chi connectivity index (χ3v) is 6.43. The summed E-state index contributed by atoms with van der Waals surface area (Å²) in [6, 6.07) is 13.8. The van der Waals surface area contributed by atoms with Crippen molar-refractivity contribution in [3.63, 3.8) is 0 Å². The summed E-state index contributed by atoms with van der Waals surface area (Å²) in [5, 5.41) is 14.3. The molecule has 0 bridgehead atoms. The Kier molecular flexibility index (Phi) is 4.59. The highest BCUT2D eigenvalue weighted by Crippen LogP contribution is 2.40. The van der Waals surface area contributed by atoms with Crippen LogP contribution in [0.3, 0.4) is 0 Å². The van der Waals surface area contributed by atoms with Gasteiger partial charge in [-0.1, -0.05) is 24.3 Å². The minimum Gasteiger partial charge on any atom is -0.393 e. The highest BCUT2D eigenvalue weighted by molar-refractivity contribution is 6.07. The molecule has 0 atom stereocenters. The second kappa shape index (κ2) is 7.29. The molecule has 0 unspecified atom stereocenters. The van der Waals surface area contributed by atoms with Crippen molar-refractivity contribution < 1.29 is 14.7 Å². The number of nitrogens with two attached hydrogens (primary N) is 1. The molecule has 0 spiro atoms. The molecule has 1 aliphatic carbocycles. The van der Waals surface area contributed by atoms with Crippen molar-refractivity contribution in [1.29, 1.82) is 0 Å². The first-order chi connectivity index (χ1) is 14.5. The van der Waals surface area contributed by atoms with E-state index in [-0.39, 0.29) is 18.1 Å². The molecule has 1 saturated carbocycles. The highest BCUT2D eigenvalue weighted by atomic mass is 16.3. The average Bonchev–Trinajstić information content (AvgIpc) is 3.27. The SMILES string of the molecule is NC(=O)c1ccc(-c2c3n(c4ccccc24)C(=O)CC3)cc1NC1CCC(O)CC1. The van der Waals surface area contributed by atoms with Gasteiger partial charge in [-0.25, -0.2) is 0 Å². The normalized spacial score (nSPS) is 21.0. The Balaban J connectivity index is 1.61. The predicted molar refractivity (Wildman–Crippen MR) is 117 cm³/mol. The summed E-state index contributed by atoms with van der Waals surface area (Å²) in [4.78, 5) is 24.5. The number of carbonyl (C=O) groups is 2. The maximum absolute atomic E-state index is 12.5. The van der Waals surface area contributed by atoms with Crippen LogP contribution in [0.2, 0.25) is 0 Å².